The van der Waals surface area contributed by atoms with Crippen molar-refractivity contribution in [1.82, 2.24) is 10.6 Å². The first-order valence-corrected chi connectivity index (χ1v) is 12.6. The minimum Gasteiger partial charge on any atom is -0.351 e. The third-order valence-electron chi connectivity index (χ3n) is 9.76. The fourth-order valence-electron chi connectivity index (χ4n) is 9.17. The van der Waals surface area contributed by atoms with Crippen molar-refractivity contribution in [3.63, 3.8) is 0 Å². The molecule has 1 aromatic carbocycles. The van der Waals surface area contributed by atoms with Crippen molar-refractivity contribution in [2.24, 2.45) is 22.7 Å². The summed E-state index contributed by atoms with van der Waals surface area (Å²) in [5, 5.41) is 7.25. The van der Waals surface area contributed by atoms with Crippen LogP contribution in [-0.4, -0.2) is 24.5 Å². The van der Waals surface area contributed by atoms with Crippen molar-refractivity contribution >= 4 is 5.91 Å². The van der Waals surface area contributed by atoms with Crippen LogP contribution < -0.4 is 10.6 Å². The van der Waals surface area contributed by atoms with Crippen LogP contribution in [0.3, 0.4) is 0 Å². The van der Waals surface area contributed by atoms with Gasteiger partial charge in [-0.25, -0.2) is 0 Å². The molecule has 0 radical (unpaired) electrons. The van der Waals surface area contributed by atoms with E-state index in [4.69, 9.17) is 0 Å². The SMILES string of the molecule is CCCC[C@@]12CC3CC(C(=O)NC4CC5CNC4C5)(C1)C[C@](c1ccccc1)(C3)C2. The third-order valence-corrected chi connectivity index (χ3v) is 9.76. The molecule has 3 heteroatoms. The van der Waals surface area contributed by atoms with Crippen molar-refractivity contribution in [2.75, 3.05) is 6.54 Å². The fourth-order valence-corrected chi connectivity index (χ4v) is 9.17. The van der Waals surface area contributed by atoms with Gasteiger partial charge >= 0.3 is 0 Å². The molecular weight excluding hydrogens is 368 g/mol. The van der Waals surface area contributed by atoms with Crippen LogP contribution in [0.1, 0.15) is 83.1 Å². The molecule has 2 N–H and O–H groups in total. The molecule has 1 heterocycles. The molecule has 0 spiro atoms. The van der Waals surface area contributed by atoms with Crippen molar-refractivity contribution in [1.29, 1.82) is 0 Å². The highest BCUT2D eigenvalue weighted by Crippen LogP contribution is 2.71. The Morgan fingerprint density at radius 3 is 2.67 bits per heavy atom. The first-order valence-electron chi connectivity index (χ1n) is 12.6. The normalized spacial score (nSPS) is 45.8. The van der Waals surface area contributed by atoms with Crippen molar-refractivity contribution < 1.29 is 4.79 Å². The van der Waals surface area contributed by atoms with Crippen LogP contribution in [0.2, 0.25) is 0 Å². The van der Waals surface area contributed by atoms with Crippen LogP contribution in [-0.2, 0) is 10.2 Å². The average Bonchev–Trinajstić information content (AvgIpc) is 3.35. The van der Waals surface area contributed by atoms with Crippen LogP contribution >= 0.6 is 0 Å². The molecule has 5 saturated carbocycles. The predicted octanol–water partition coefficient (Wildman–Crippen LogP) is 4.95. The van der Waals surface area contributed by atoms with Gasteiger partial charge in [0.05, 0.1) is 5.41 Å². The van der Waals surface area contributed by atoms with E-state index < -0.39 is 0 Å². The summed E-state index contributed by atoms with van der Waals surface area (Å²) in [6.07, 6.45) is 13.7. The monoisotopic (exact) mass is 406 g/mol. The Hall–Kier alpha value is -1.35. The van der Waals surface area contributed by atoms with E-state index in [0.29, 0.717) is 23.4 Å². The Balaban J connectivity index is 1.33. The maximum absolute atomic E-state index is 14.0. The number of carbonyl (C=O) groups is 1. The second-order valence-corrected chi connectivity index (χ2v) is 12.0. The molecule has 5 aliphatic carbocycles. The molecule has 1 amide bonds. The van der Waals surface area contributed by atoms with Gasteiger partial charge in [0.2, 0.25) is 5.91 Å². The number of benzene rings is 1. The summed E-state index contributed by atoms with van der Waals surface area (Å²) in [7, 11) is 0. The highest BCUT2D eigenvalue weighted by Gasteiger charge is 2.65. The summed E-state index contributed by atoms with van der Waals surface area (Å²) in [5.74, 6) is 1.91. The number of nitrogens with one attached hydrogen (secondary N) is 2. The fraction of sp³-hybridized carbons (Fsp3) is 0.741. The van der Waals surface area contributed by atoms with E-state index in [9.17, 15) is 4.79 Å². The summed E-state index contributed by atoms with van der Waals surface area (Å²) in [6, 6.07) is 12.1. The molecule has 5 unspecified atom stereocenters. The summed E-state index contributed by atoms with van der Waals surface area (Å²) in [4.78, 5) is 14.0. The Kier molecular flexibility index (Phi) is 4.40. The van der Waals surface area contributed by atoms with Gasteiger partial charge in [-0.3, -0.25) is 4.79 Å². The quantitative estimate of drug-likeness (QED) is 0.702. The topological polar surface area (TPSA) is 41.1 Å². The lowest BCUT2D eigenvalue weighted by molar-refractivity contribution is -0.164. The van der Waals surface area contributed by atoms with Crippen LogP contribution in [0.25, 0.3) is 0 Å². The zero-order chi connectivity index (χ0) is 20.4. The molecular formula is C27H38N2O. The van der Waals surface area contributed by atoms with Gasteiger partial charge in [-0.2, -0.15) is 0 Å². The van der Waals surface area contributed by atoms with Crippen molar-refractivity contribution in [3.8, 4) is 0 Å². The summed E-state index contributed by atoms with van der Waals surface area (Å²) in [5.41, 5.74) is 1.98. The lowest BCUT2D eigenvalue weighted by atomic mass is 9.37. The second kappa shape index (κ2) is 6.82. The average molecular weight is 407 g/mol. The van der Waals surface area contributed by atoms with Crippen LogP contribution in [0, 0.1) is 22.7 Å². The number of rotatable bonds is 6. The Labute approximate surface area is 181 Å². The van der Waals surface area contributed by atoms with Gasteiger partial charge in [-0.05, 0) is 92.6 Å². The van der Waals surface area contributed by atoms with Gasteiger partial charge in [0.25, 0.3) is 0 Å². The summed E-state index contributed by atoms with van der Waals surface area (Å²) < 4.78 is 0. The lowest BCUT2D eigenvalue weighted by Gasteiger charge is -2.66. The van der Waals surface area contributed by atoms with E-state index in [0.717, 1.165) is 37.6 Å². The Bertz CT molecular complexity index is 823. The molecule has 162 valence electrons. The van der Waals surface area contributed by atoms with Crippen molar-refractivity contribution in [3.05, 3.63) is 35.9 Å². The first-order chi connectivity index (χ1) is 14.5. The number of hydrogen-bond donors (Lipinski definition) is 2. The molecule has 7 atom stereocenters. The van der Waals surface area contributed by atoms with Crippen LogP contribution in [0.15, 0.2) is 30.3 Å². The van der Waals surface area contributed by atoms with Gasteiger partial charge in [-0.15, -0.1) is 0 Å². The smallest absolute Gasteiger partial charge is 0.226 e. The zero-order valence-electron chi connectivity index (χ0n) is 18.6. The van der Waals surface area contributed by atoms with Crippen molar-refractivity contribution in [2.45, 2.75) is 95.1 Å². The molecule has 1 aliphatic heterocycles. The van der Waals surface area contributed by atoms with Crippen LogP contribution in [0.5, 0.6) is 0 Å². The van der Waals surface area contributed by atoms with Crippen LogP contribution in [0.4, 0.5) is 0 Å². The first kappa shape index (κ1) is 19.3. The molecule has 6 aliphatic rings. The highest BCUT2D eigenvalue weighted by molar-refractivity contribution is 5.84. The molecule has 1 saturated heterocycles. The minimum atomic E-state index is -0.134. The third kappa shape index (κ3) is 2.91. The number of piperidine rings is 1. The standard InChI is InChI=1S/C27H38N2O/c1-2-3-9-25-12-20-13-26(16-25,21-7-5-4-6-8-21)18-27(14-20,17-25)24(30)29-23-11-19-10-22(23)28-15-19/h4-8,19-20,22-23,28H,2-3,9-18H2,1H3,(H,29,30)/t19?,20?,22?,23?,25-,26-,27?/m0/s1. The Morgan fingerprint density at radius 2 is 1.93 bits per heavy atom. The molecule has 30 heavy (non-hydrogen) atoms. The van der Waals surface area contributed by atoms with E-state index in [1.165, 1.54) is 56.9 Å². The van der Waals surface area contributed by atoms with E-state index in [-0.39, 0.29) is 10.8 Å². The van der Waals surface area contributed by atoms with Gasteiger partial charge in [-0.1, -0.05) is 50.1 Å². The molecule has 6 bridgehead atoms. The molecule has 7 rings (SSSR count). The summed E-state index contributed by atoms with van der Waals surface area (Å²) in [6.45, 7) is 3.47. The maximum atomic E-state index is 14.0. The summed E-state index contributed by atoms with van der Waals surface area (Å²) >= 11 is 0. The molecule has 3 nitrogen and oxygen atoms in total. The highest BCUT2D eigenvalue weighted by atomic mass is 16.2. The largest absolute Gasteiger partial charge is 0.351 e. The number of unbranched alkanes of at least 4 members (excludes halogenated alkanes) is 1. The van der Waals surface area contributed by atoms with Gasteiger partial charge in [0.15, 0.2) is 0 Å². The lowest BCUT2D eigenvalue weighted by Crippen LogP contribution is -2.64. The Morgan fingerprint density at radius 1 is 1.07 bits per heavy atom. The van der Waals surface area contributed by atoms with E-state index >= 15 is 0 Å². The number of fused-ring (bicyclic) bond motifs is 2. The zero-order valence-corrected chi connectivity index (χ0v) is 18.6. The molecule has 0 aromatic heterocycles. The number of carbonyl (C=O) groups excluding carboxylic acids is 1. The van der Waals surface area contributed by atoms with E-state index in [1.54, 1.807) is 0 Å². The van der Waals surface area contributed by atoms with E-state index in [2.05, 4.69) is 47.9 Å². The predicted molar refractivity (Wildman–Crippen MR) is 120 cm³/mol. The number of amides is 1. The maximum Gasteiger partial charge on any atom is 0.226 e. The number of hydrogen-bond acceptors (Lipinski definition) is 2. The molecule has 1 aromatic rings. The minimum absolute atomic E-state index is 0.134. The van der Waals surface area contributed by atoms with Gasteiger partial charge in [0, 0.05) is 12.1 Å². The van der Waals surface area contributed by atoms with E-state index in [1.807, 2.05) is 0 Å². The van der Waals surface area contributed by atoms with Gasteiger partial charge < -0.3 is 10.6 Å². The second-order valence-electron chi connectivity index (χ2n) is 12.0. The van der Waals surface area contributed by atoms with Gasteiger partial charge in [0.1, 0.15) is 0 Å². The molecule has 6 fully saturated rings.